The largest absolute Gasteiger partial charge is 0.341 e. The van der Waals surface area contributed by atoms with E-state index in [2.05, 4.69) is 22.4 Å². The van der Waals surface area contributed by atoms with Gasteiger partial charge in [0.05, 0.1) is 6.04 Å². The molecule has 1 aromatic carbocycles. The predicted molar refractivity (Wildman–Crippen MR) is 86.1 cm³/mol. The van der Waals surface area contributed by atoms with Crippen LogP contribution in [0.25, 0.3) is 0 Å². The highest BCUT2D eigenvalue weighted by molar-refractivity contribution is 5.78. The Morgan fingerprint density at radius 2 is 1.91 bits per heavy atom. The summed E-state index contributed by atoms with van der Waals surface area (Å²) in [6.45, 7) is 2.37. The summed E-state index contributed by atoms with van der Waals surface area (Å²) in [5.74, 6) is 0.270. The number of carbonyl (C=O) groups is 1. The molecular formula is C18H21N3O. The van der Waals surface area contributed by atoms with Gasteiger partial charge in [-0.1, -0.05) is 30.3 Å². The van der Waals surface area contributed by atoms with Gasteiger partial charge in [-0.25, -0.2) is 0 Å². The number of hydrogen-bond acceptors (Lipinski definition) is 3. The third-order valence-corrected chi connectivity index (χ3v) is 4.08. The van der Waals surface area contributed by atoms with Crippen molar-refractivity contribution in [3.63, 3.8) is 0 Å². The van der Waals surface area contributed by atoms with Crippen molar-refractivity contribution in [3.05, 3.63) is 66.0 Å². The van der Waals surface area contributed by atoms with E-state index < -0.39 is 0 Å². The number of hydrogen-bond donors (Lipinski definition) is 1. The number of likely N-dealkylation sites (tertiary alicyclic amines) is 1. The molecule has 114 valence electrons. The van der Waals surface area contributed by atoms with E-state index in [-0.39, 0.29) is 11.9 Å². The smallest absolute Gasteiger partial charge is 0.222 e. The van der Waals surface area contributed by atoms with E-state index in [1.54, 1.807) is 12.4 Å². The van der Waals surface area contributed by atoms with Gasteiger partial charge in [0.25, 0.3) is 0 Å². The molecule has 4 heteroatoms. The minimum absolute atomic E-state index is 0.149. The zero-order chi connectivity index (χ0) is 15.2. The van der Waals surface area contributed by atoms with Crippen molar-refractivity contribution in [2.45, 2.75) is 25.4 Å². The average molecular weight is 295 g/mol. The highest BCUT2D eigenvalue weighted by Crippen LogP contribution is 2.19. The lowest BCUT2D eigenvalue weighted by molar-refractivity contribution is -0.128. The minimum atomic E-state index is 0.149. The van der Waals surface area contributed by atoms with Crippen LogP contribution in [0.5, 0.6) is 0 Å². The fourth-order valence-corrected chi connectivity index (χ4v) is 2.83. The van der Waals surface area contributed by atoms with Gasteiger partial charge in [0, 0.05) is 38.4 Å². The number of rotatable bonds is 6. The van der Waals surface area contributed by atoms with Crippen molar-refractivity contribution in [1.82, 2.24) is 15.2 Å². The first-order chi connectivity index (χ1) is 10.8. The quantitative estimate of drug-likeness (QED) is 0.890. The van der Waals surface area contributed by atoms with Gasteiger partial charge in [-0.15, -0.1) is 0 Å². The number of nitrogens with zero attached hydrogens (tertiary/aromatic N) is 2. The minimum Gasteiger partial charge on any atom is -0.341 e. The summed E-state index contributed by atoms with van der Waals surface area (Å²) in [6, 6.07) is 14.5. The standard InChI is InChI=1S/C18H21N3O/c22-18-7-4-12-21(18)14-17(16-5-2-1-3-6-16)20-13-15-8-10-19-11-9-15/h1-3,5-6,8-11,17,20H,4,7,12-14H2. The maximum atomic E-state index is 11.9. The van der Waals surface area contributed by atoms with Crippen molar-refractivity contribution in [2.24, 2.45) is 0 Å². The Hall–Kier alpha value is -2.20. The third kappa shape index (κ3) is 3.71. The van der Waals surface area contributed by atoms with Crippen molar-refractivity contribution >= 4 is 5.91 Å². The van der Waals surface area contributed by atoms with Crippen LogP contribution in [0.2, 0.25) is 0 Å². The summed E-state index contributed by atoms with van der Waals surface area (Å²) in [6.07, 6.45) is 5.27. The van der Waals surface area contributed by atoms with E-state index >= 15 is 0 Å². The van der Waals surface area contributed by atoms with E-state index in [0.29, 0.717) is 6.42 Å². The zero-order valence-electron chi connectivity index (χ0n) is 12.6. The van der Waals surface area contributed by atoms with Crippen molar-refractivity contribution < 1.29 is 4.79 Å². The normalized spacial score (nSPS) is 16.0. The predicted octanol–water partition coefficient (Wildman–Crippen LogP) is 2.53. The maximum absolute atomic E-state index is 11.9. The number of benzene rings is 1. The Kier molecular flexibility index (Phi) is 4.81. The first-order valence-electron chi connectivity index (χ1n) is 7.78. The van der Waals surface area contributed by atoms with Crippen LogP contribution in [0.4, 0.5) is 0 Å². The Bertz CT molecular complexity index is 600. The number of amides is 1. The Morgan fingerprint density at radius 3 is 2.59 bits per heavy atom. The van der Waals surface area contributed by atoms with Crippen LogP contribution in [0.15, 0.2) is 54.9 Å². The van der Waals surface area contributed by atoms with E-state index in [1.807, 2.05) is 35.2 Å². The summed E-state index contributed by atoms with van der Waals surface area (Å²) in [4.78, 5) is 17.9. The van der Waals surface area contributed by atoms with Crippen molar-refractivity contribution in [2.75, 3.05) is 13.1 Å². The number of aromatic nitrogens is 1. The number of carbonyl (C=O) groups excluding carboxylic acids is 1. The molecule has 0 aliphatic carbocycles. The Morgan fingerprint density at radius 1 is 1.14 bits per heavy atom. The van der Waals surface area contributed by atoms with Gasteiger partial charge in [-0.3, -0.25) is 9.78 Å². The molecule has 1 amide bonds. The lowest BCUT2D eigenvalue weighted by Crippen LogP contribution is -2.35. The van der Waals surface area contributed by atoms with E-state index in [4.69, 9.17) is 0 Å². The molecule has 1 aliphatic heterocycles. The molecule has 1 N–H and O–H groups in total. The van der Waals surface area contributed by atoms with Crippen LogP contribution >= 0.6 is 0 Å². The molecule has 0 spiro atoms. The zero-order valence-corrected chi connectivity index (χ0v) is 12.6. The van der Waals surface area contributed by atoms with Crippen molar-refractivity contribution in [1.29, 1.82) is 0 Å². The molecule has 4 nitrogen and oxygen atoms in total. The molecule has 0 radical (unpaired) electrons. The molecule has 0 saturated carbocycles. The van der Waals surface area contributed by atoms with Crippen LogP contribution in [-0.4, -0.2) is 28.9 Å². The highest BCUT2D eigenvalue weighted by atomic mass is 16.2. The van der Waals surface area contributed by atoms with Crippen LogP contribution in [0.3, 0.4) is 0 Å². The molecule has 1 atom stereocenters. The number of pyridine rings is 1. The van der Waals surface area contributed by atoms with Gasteiger partial charge < -0.3 is 10.2 Å². The summed E-state index contributed by atoms with van der Waals surface area (Å²) < 4.78 is 0. The molecule has 1 unspecified atom stereocenters. The van der Waals surface area contributed by atoms with Gasteiger partial charge in [0.2, 0.25) is 5.91 Å². The molecule has 3 rings (SSSR count). The monoisotopic (exact) mass is 295 g/mol. The molecule has 0 bridgehead atoms. The molecule has 1 aromatic heterocycles. The molecule has 1 aliphatic rings. The highest BCUT2D eigenvalue weighted by Gasteiger charge is 2.24. The van der Waals surface area contributed by atoms with E-state index in [9.17, 15) is 4.79 Å². The molecule has 2 aromatic rings. The van der Waals surface area contributed by atoms with Crippen LogP contribution in [-0.2, 0) is 11.3 Å². The van der Waals surface area contributed by atoms with Gasteiger partial charge in [0.1, 0.15) is 0 Å². The second-order valence-corrected chi connectivity index (χ2v) is 5.64. The van der Waals surface area contributed by atoms with Gasteiger partial charge >= 0.3 is 0 Å². The molecule has 1 saturated heterocycles. The summed E-state index contributed by atoms with van der Waals surface area (Å²) >= 11 is 0. The molecule has 1 fully saturated rings. The summed E-state index contributed by atoms with van der Waals surface area (Å²) in [5, 5.41) is 3.58. The van der Waals surface area contributed by atoms with Crippen molar-refractivity contribution in [3.8, 4) is 0 Å². The Balaban J connectivity index is 1.70. The molecule has 2 heterocycles. The maximum Gasteiger partial charge on any atom is 0.222 e. The van der Waals surface area contributed by atoms with E-state index in [0.717, 1.165) is 26.1 Å². The third-order valence-electron chi connectivity index (χ3n) is 4.08. The van der Waals surface area contributed by atoms with E-state index in [1.165, 1.54) is 11.1 Å². The Labute approximate surface area is 131 Å². The van der Waals surface area contributed by atoms with Crippen LogP contribution in [0, 0.1) is 0 Å². The lowest BCUT2D eigenvalue weighted by Gasteiger charge is -2.25. The molecular weight excluding hydrogens is 274 g/mol. The second-order valence-electron chi connectivity index (χ2n) is 5.64. The first-order valence-corrected chi connectivity index (χ1v) is 7.78. The average Bonchev–Trinajstić information content (AvgIpc) is 2.98. The fourth-order valence-electron chi connectivity index (χ4n) is 2.83. The van der Waals surface area contributed by atoms with Gasteiger partial charge in [0.15, 0.2) is 0 Å². The van der Waals surface area contributed by atoms with Crippen LogP contribution < -0.4 is 5.32 Å². The lowest BCUT2D eigenvalue weighted by atomic mass is 10.1. The summed E-state index contributed by atoms with van der Waals surface area (Å²) in [5.41, 5.74) is 2.42. The first kappa shape index (κ1) is 14.7. The van der Waals surface area contributed by atoms with Gasteiger partial charge in [-0.05, 0) is 29.7 Å². The SMILES string of the molecule is O=C1CCCN1CC(NCc1ccncc1)c1ccccc1. The summed E-state index contributed by atoms with van der Waals surface area (Å²) in [7, 11) is 0. The topological polar surface area (TPSA) is 45.2 Å². The van der Waals surface area contributed by atoms with Gasteiger partial charge in [-0.2, -0.15) is 0 Å². The second kappa shape index (κ2) is 7.18. The number of nitrogens with one attached hydrogen (secondary N) is 1. The molecule has 22 heavy (non-hydrogen) atoms. The fraction of sp³-hybridized carbons (Fsp3) is 0.333. The van der Waals surface area contributed by atoms with Crippen LogP contribution in [0.1, 0.15) is 30.0 Å².